The number of ether oxygens (including phenoxy) is 1. The summed E-state index contributed by atoms with van der Waals surface area (Å²) in [5.74, 6) is 0.628. The van der Waals surface area contributed by atoms with Gasteiger partial charge >= 0.3 is 6.09 Å². The van der Waals surface area contributed by atoms with Crippen LogP contribution in [0.2, 0.25) is 0 Å². The highest BCUT2D eigenvalue weighted by Crippen LogP contribution is 2.05. The van der Waals surface area contributed by atoms with Crippen LogP contribution in [0.1, 0.15) is 13.8 Å². The lowest BCUT2D eigenvalue weighted by atomic mass is 10.2. The number of nitrogens with zero attached hydrogens (tertiary/aromatic N) is 1. The molecule has 0 rings (SSSR count). The number of nitrogens with one attached hydrogen (secondary N) is 1. The smallest absolute Gasteiger partial charge is 0.433 e. The van der Waals surface area contributed by atoms with Crippen molar-refractivity contribution in [3.63, 3.8) is 0 Å². The van der Waals surface area contributed by atoms with Gasteiger partial charge < -0.3 is 14.5 Å². The molecule has 0 saturated heterocycles. The largest absolute Gasteiger partial charge is 0.497 e. The van der Waals surface area contributed by atoms with Gasteiger partial charge in [-0.1, -0.05) is 12.2 Å². The fourth-order valence-corrected chi connectivity index (χ4v) is 0.861. The molecule has 1 N–H and O–H groups in total. The molecular formula is C12H20N2O3. The fourth-order valence-electron chi connectivity index (χ4n) is 0.861. The number of hydrogen-bond donors (Lipinski definition) is 1. The van der Waals surface area contributed by atoms with E-state index < -0.39 is 6.09 Å². The molecule has 0 fully saturated rings. The van der Waals surface area contributed by atoms with E-state index in [2.05, 4.69) is 12.1 Å². The van der Waals surface area contributed by atoms with Gasteiger partial charge in [-0.3, -0.25) is 0 Å². The van der Waals surface area contributed by atoms with Gasteiger partial charge in [0, 0.05) is 25.9 Å². The molecule has 0 aliphatic heterocycles. The van der Waals surface area contributed by atoms with Crippen molar-refractivity contribution in [3.8, 4) is 0 Å². The van der Waals surface area contributed by atoms with Crippen LogP contribution in [-0.2, 0) is 9.57 Å². The molecule has 0 heterocycles. The lowest BCUT2D eigenvalue weighted by Gasteiger charge is -2.12. The Kier molecular flexibility index (Phi) is 6.55. The SMILES string of the molecule is C=C(C)/C=C(\C=C(\C)NOC(=O)N(C)C)OC. The summed E-state index contributed by atoms with van der Waals surface area (Å²) in [6.45, 7) is 7.37. The Morgan fingerprint density at radius 3 is 2.29 bits per heavy atom. The summed E-state index contributed by atoms with van der Waals surface area (Å²) in [7, 11) is 4.76. The van der Waals surface area contributed by atoms with Crippen molar-refractivity contribution in [2.75, 3.05) is 21.2 Å². The zero-order valence-electron chi connectivity index (χ0n) is 11.0. The molecule has 5 nitrogen and oxygen atoms in total. The van der Waals surface area contributed by atoms with E-state index in [1.54, 1.807) is 40.3 Å². The van der Waals surface area contributed by atoms with E-state index in [9.17, 15) is 4.79 Å². The van der Waals surface area contributed by atoms with Crippen LogP contribution in [0.4, 0.5) is 4.79 Å². The number of methoxy groups -OCH3 is 1. The monoisotopic (exact) mass is 240 g/mol. The van der Waals surface area contributed by atoms with Crippen molar-refractivity contribution in [1.82, 2.24) is 10.4 Å². The second-order valence-corrected chi connectivity index (χ2v) is 3.79. The highest BCUT2D eigenvalue weighted by molar-refractivity contribution is 5.66. The van der Waals surface area contributed by atoms with Crippen LogP contribution in [0.3, 0.4) is 0 Å². The fraction of sp³-hybridized carbons (Fsp3) is 0.417. The predicted molar refractivity (Wildman–Crippen MR) is 67.0 cm³/mol. The molecule has 96 valence electrons. The maximum Gasteiger partial charge on any atom is 0.433 e. The third-order valence-corrected chi connectivity index (χ3v) is 1.65. The van der Waals surface area contributed by atoms with Crippen LogP contribution in [-0.4, -0.2) is 32.2 Å². The molecule has 0 atom stereocenters. The van der Waals surface area contributed by atoms with Crippen molar-refractivity contribution >= 4 is 6.09 Å². The number of allylic oxidation sites excluding steroid dienone is 4. The molecule has 17 heavy (non-hydrogen) atoms. The first kappa shape index (κ1) is 15.1. The Morgan fingerprint density at radius 2 is 1.88 bits per heavy atom. The lowest BCUT2D eigenvalue weighted by molar-refractivity contribution is 0.0807. The van der Waals surface area contributed by atoms with Gasteiger partial charge in [0.1, 0.15) is 5.76 Å². The molecule has 0 aromatic heterocycles. The molecule has 0 aromatic rings. The van der Waals surface area contributed by atoms with Gasteiger partial charge in [0.05, 0.1) is 7.11 Å². The molecule has 5 heteroatoms. The van der Waals surface area contributed by atoms with Crippen LogP contribution in [0.25, 0.3) is 0 Å². The van der Waals surface area contributed by atoms with E-state index >= 15 is 0 Å². The average molecular weight is 240 g/mol. The van der Waals surface area contributed by atoms with Crippen LogP contribution in [0, 0.1) is 0 Å². The molecule has 0 aliphatic rings. The Morgan fingerprint density at radius 1 is 1.29 bits per heavy atom. The molecule has 1 amide bonds. The highest BCUT2D eigenvalue weighted by Gasteiger charge is 2.04. The molecule has 0 unspecified atom stereocenters. The summed E-state index contributed by atoms with van der Waals surface area (Å²) in [6.07, 6.45) is 3.01. The highest BCUT2D eigenvalue weighted by atomic mass is 16.7. The van der Waals surface area contributed by atoms with Gasteiger partial charge in [0.15, 0.2) is 0 Å². The molecule has 0 radical (unpaired) electrons. The van der Waals surface area contributed by atoms with Crippen LogP contribution < -0.4 is 5.48 Å². The van der Waals surface area contributed by atoms with Crippen LogP contribution in [0.15, 0.2) is 35.8 Å². The third-order valence-electron chi connectivity index (χ3n) is 1.65. The van der Waals surface area contributed by atoms with E-state index in [-0.39, 0.29) is 0 Å². The molecule has 0 bridgehead atoms. The topological polar surface area (TPSA) is 50.8 Å². The maximum absolute atomic E-state index is 11.1. The number of carbonyl (C=O) groups is 1. The minimum atomic E-state index is -0.472. The van der Waals surface area contributed by atoms with Crippen molar-refractivity contribution in [3.05, 3.63) is 35.8 Å². The molecule has 0 saturated carbocycles. The number of rotatable bonds is 5. The van der Waals surface area contributed by atoms with Gasteiger partial charge in [0.2, 0.25) is 0 Å². The van der Waals surface area contributed by atoms with Crippen molar-refractivity contribution in [2.45, 2.75) is 13.8 Å². The van der Waals surface area contributed by atoms with E-state index in [4.69, 9.17) is 9.57 Å². The van der Waals surface area contributed by atoms with E-state index in [0.717, 1.165) is 5.57 Å². The van der Waals surface area contributed by atoms with Crippen molar-refractivity contribution < 1.29 is 14.4 Å². The summed E-state index contributed by atoms with van der Waals surface area (Å²) in [6, 6.07) is 0. The number of hydrogen-bond acceptors (Lipinski definition) is 4. The summed E-state index contributed by atoms with van der Waals surface area (Å²) in [4.78, 5) is 17.2. The van der Waals surface area contributed by atoms with Gasteiger partial charge in [-0.25, -0.2) is 10.3 Å². The van der Waals surface area contributed by atoms with Gasteiger partial charge in [-0.05, 0) is 19.9 Å². The van der Waals surface area contributed by atoms with Crippen LogP contribution >= 0.6 is 0 Å². The standard InChI is InChI=1S/C12H20N2O3/c1-9(2)7-11(16-6)8-10(3)13-17-12(15)14(4)5/h7-8,13H,1H2,2-6H3/b10-8-,11-7+. The number of amides is 1. The third kappa shape index (κ3) is 7.05. The second kappa shape index (κ2) is 7.38. The first-order valence-electron chi connectivity index (χ1n) is 5.10. The van der Waals surface area contributed by atoms with Gasteiger partial charge in [-0.2, -0.15) is 0 Å². The summed E-state index contributed by atoms with van der Waals surface area (Å²) in [5.41, 5.74) is 4.04. The Balaban J connectivity index is 4.43. The quantitative estimate of drug-likeness (QED) is 0.454. The minimum absolute atomic E-state index is 0.472. The van der Waals surface area contributed by atoms with Crippen LogP contribution in [0.5, 0.6) is 0 Å². The summed E-state index contributed by atoms with van der Waals surface area (Å²) >= 11 is 0. The Hall–Kier alpha value is -1.91. The second-order valence-electron chi connectivity index (χ2n) is 3.79. The normalized spacial score (nSPS) is 11.8. The summed E-state index contributed by atoms with van der Waals surface area (Å²) < 4.78 is 5.12. The first-order valence-corrected chi connectivity index (χ1v) is 5.10. The lowest BCUT2D eigenvalue weighted by Crippen LogP contribution is -2.28. The van der Waals surface area contributed by atoms with E-state index in [0.29, 0.717) is 11.5 Å². The number of carbonyl (C=O) groups excluding carboxylic acids is 1. The molecule has 0 aliphatic carbocycles. The zero-order chi connectivity index (χ0) is 13.4. The number of hydroxylamine groups is 1. The van der Waals surface area contributed by atoms with Gasteiger partial charge in [-0.15, -0.1) is 0 Å². The van der Waals surface area contributed by atoms with E-state index in [1.165, 1.54) is 4.90 Å². The van der Waals surface area contributed by atoms with E-state index in [1.807, 2.05) is 6.92 Å². The molecule has 0 spiro atoms. The Labute approximate surface area is 102 Å². The molecular weight excluding hydrogens is 220 g/mol. The van der Waals surface area contributed by atoms with Crippen molar-refractivity contribution in [2.24, 2.45) is 0 Å². The summed E-state index contributed by atoms with van der Waals surface area (Å²) in [5, 5.41) is 0. The van der Waals surface area contributed by atoms with Crippen molar-refractivity contribution in [1.29, 1.82) is 0 Å². The Bertz CT molecular complexity index is 344. The average Bonchev–Trinajstić information content (AvgIpc) is 2.23. The maximum atomic E-state index is 11.1. The molecule has 0 aromatic carbocycles. The van der Waals surface area contributed by atoms with Gasteiger partial charge in [0.25, 0.3) is 0 Å². The first-order chi connectivity index (χ1) is 7.86. The minimum Gasteiger partial charge on any atom is -0.497 e. The zero-order valence-corrected chi connectivity index (χ0v) is 11.0. The predicted octanol–water partition coefficient (Wildman–Crippen LogP) is 2.20.